The normalized spacial score (nSPS) is 10.9. The van der Waals surface area contributed by atoms with Crippen molar-refractivity contribution in [2.75, 3.05) is 0 Å². The molecule has 0 radical (unpaired) electrons. The number of carbonyl (C=O) groups is 1. The molecule has 0 unspecified atom stereocenters. The fraction of sp³-hybridized carbons (Fsp3) is 0.0667. The first-order chi connectivity index (χ1) is 9.06. The van der Waals surface area contributed by atoms with E-state index >= 15 is 0 Å². The lowest BCUT2D eigenvalue weighted by atomic mass is 10.1. The molecule has 0 aliphatic heterocycles. The van der Waals surface area contributed by atoms with Gasteiger partial charge < -0.3 is 0 Å². The highest BCUT2D eigenvalue weighted by Gasteiger charge is 2.08. The average Bonchev–Trinajstić information content (AvgIpc) is 2.36. The summed E-state index contributed by atoms with van der Waals surface area (Å²) in [5.74, 6) is -1.02. The van der Waals surface area contributed by atoms with Crippen LogP contribution in [0.4, 0.5) is 4.39 Å². The van der Waals surface area contributed by atoms with Gasteiger partial charge in [0.25, 0.3) is 0 Å². The van der Waals surface area contributed by atoms with E-state index in [1.807, 2.05) is 13.0 Å². The number of halogens is 2. The third kappa shape index (κ3) is 3.48. The number of hydrogen-bond donors (Lipinski definition) is 0. The molecule has 1 aromatic carbocycles. The molecule has 0 fully saturated rings. The Hall–Kier alpha value is -2.00. The van der Waals surface area contributed by atoms with Crippen LogP contribution in [0.1, 0.15) is 21.6 Å². The minimum atomic E-state index is -0.618. The number of aromatic nitrogens is 1. The molecule has 0 saturated heterocycles. The van der Waals surface area contributed by atoms with E-state index in [9.17, 15) is 9.18 Å². The first-order valence-corrected chi connectivity index (χ1v) is 6.04. The van der Waals surface area contributed by atoms with Crippen LogP contribution in [0.2, 0.25) is 5.02 Å². The molecule has 0 atom stereocenters. The Bertz CT molecular complexity index is 652. The Morgan fingerprint density at radius 1 is 1.32 bits per heavy atom. The van der Waals surface area contributed by atoms with Crippen molar-refractivity contribution in [1.29, 1.82) is 0 Å². The number of pyridine rings is 1. The van der Waals surface area contributed by atoms with Crippen molar-refractivity contribution in [1.82, 2.24) is 4.98 Å². The van der Waals surface area contributed by atoms with Crippen LogP contribution in [-0.2, 0) is 0 Å². The van der Waals surface area contributed by atoms with Gasteiger partial charge in [-0.25, -0.2) is 4.39 Å². The van der Waals surface area contributed by atoms with E-state index in [2.05, 4.69) is 4.98 Å². The zero-order chi connectivity index (χ0) is 13.8. The molecule has 1 aromatic heterocycles. The Balaban J connectivity index is 2.21. The van der Waals surface area contributed by atoms with Gasteiger partial charge in [-0.3, -0.25) is 9.78 Å². The molecule has 19 heavy (non-hydrogen) atoms. The highest BCUT2D eigenvalue weighted by Crippen LogP contribution is 2.16. The predicted molar refractivity (Wildman–Crippen MR) is 73.7 cm³/mol. The minimum absolute atomic E-state index is 0.00595. The van der Waals surface area contributed by atoms with E-state index in [0.29, 0.717) is 0 Å². The van der Waals surface area contributed by atoms with E-state index < -0.39 is 11.6 Å². The maximum absolute atomic E-state index is 13.5. The van der Waals surface area contributed by atoms with E-state index in [-0.39, 0.29) is 10.6 Å². The SMILES string of the molecule is Cc1cc(/C=C/C(=O)c2ccc(Cl)cc2F)ccn1. The average molecular weight is 276 g/mol. The Labute approximate surface area is 115 Å². The topological polar surface area (TPSA) is 30.0 Å². The zero-order valence-corrected chi connectivity index (χ0v) is 11.0. The Kier molecular flexibility index (Phi) is 4.07. The second kappa shape index (κ2) is 5.76. The molecule has 0 spiro atoms. The summed E-state index contributed by atoms with van der Waals surface area (Å²) in [4.78, 5) is 15.9. The first-order valence-electron chi connectivity index (χ1n) is 5.66. The summed E-state index contributed by atoms with van der Waals surface area (Å²) < 4.78 is 13.5. The summed E-state index contributed by atoms with van der Waals surface area (Å²) in [6, 6.07) is 7.60. The van der Waals surface area contributed by atoms with Crippen LogP contribution in [0, 0.1) is 12.7 Å². The van der Waals surface area contributed by atoms with Crippen molar-refractivity contribution >= 4 is 23.5 Å². The molecule has 2 aromatic rings. The summed E-state index contributed by atoms with van der Waals surface area (Å²) >= 11 is 5.64. The highest BCUT2D eigenvalue weighted by molar-refractivity contribution is 6.30. The summed E-state index contributed by atoms with van der Waals surface area (Å²) in [6.45, 7) is 1.86. The summed E-state index contributed by atoms with van der Waals surface area (Å²) in [5.41, 5.74) is 1.70. The molecule has 0 saturated carbocycles. The number of allylic oxidation sites excluding steroid dienone is 1. The third-order valence-electron chi connectivity index (χ3n) is 2.54. The van der Waals surface area contributed by atoms with Crippen molar-refractivity contribution in [3.05, 3.63) is 70.3 Å². The summed E-state index contributed by atoms with van der Waals surface area (Å²) in [6.07, 6.45) is 4.62. The van der Waals surface area contributed by atoms with E-state index in [1.54, 1.807) is 18.3 Å². The second-order valence-corrected chi connectivity index (χ2v) is 4.49. The fourth-order valence-corrected chi connectivity index (χ4v) is 1.78. The van der Waals surface area contributed by atoms with Crippen molar-refractivity contribution < 1.29 is 9.18 Å². The zero-order valence-electron chi connectivity index (χ0n) is 10.2. The molecule has 0 bridgehead atoms. The Morgan fingerprint density at radius 2 is 2.11 bits per heavy atom. The number of nitrogens with zero attached hydrogens (tertiary/aromatic N) is 1. The smallest absolute Gasteiger partial charge is 0.188 e. The molecule has 2 nitrogen and oxygen atoms in total. The van der Waals surface area contributed by atoms with Gasteiger partial charge in [0.1, 0.15) is 5.82 Å². The van der Waals surface area contributed by atoms with Crippen molar-refractivity contribution in [2.45, 2.75) is 6.92 Å². The highest BCUT2D eigenvalue weighted by atomic mass is 35.5. The minimum Gasteiger partial charge on any atom is -0.289 e. The van der Waals surface area contributed by atoms with E-state index in [0.717, 1.165) is 17.3 Å². The lowest BCUT2D eigenvalue weighted by molar-refractivity contribution is 0.104. The monoisotopic (exact) mass is 275 g/mol. The standard InChI is InChI=1S/C15H11ClFNO/c1-10-8-11(6-7-18-10)2-5-15(19)13-4-3-12(16)9-14(13)17/h2-9H,1H3/b5-2+. The molecular formula is C15H11ClFNO. The second-order valence-electron chi connectivity index (χ2n) is 4.05. The molecule has 0 amide bonds. The number of aryl methyl sites for hydroxylation is 1. The number of carbonyl (C=O) groups excluding carboxylic acids is 1. The van der Waals surface area contributed by atoms with Crippen LogP contribution in [-0.4, -0.2) is 10.8 Å². The number of benzene rings is 1. The van der Waals surface area contributed by atoms with Crippen LogP contribution in [0.25, 0.3) is 6.08 Å². The van der Waals surface area contributed by atoms with Gasteiger partial charge in [-0.1, -0.05) is 17.7 Å². The number of ketones is 1. The quantitative estimate of drug-likeness (QED) is 0.624. The number of hydrogen-bond acceptors (Lipinski definition) is 2. The van der Waals surface area contributed by atoms with Crippen LogP contribution in [0.15, 0.2) is 42.6 Å². The molecule has 1 heterocycles. The molecule has 4 heteroatoms. The van der Waals surface area contributed by atoms with Crippen LogP contribution >= 0.6 is 11.6 Å². The van der Waals surface area contributed by atoms with Gasteiger partial charge in [-0.05, 0) is 48.9 Å². The van der Waals surface area contributed by atoms with Crippen molar-refractivity contribution in [3.63, 3.8) is 0 Å². The Morgan fingerprint density at radius 3 is 2.79 bits per heavy atom. The van der Waals surface area contributed by atoms with E-state index in [1.165, 1.54) is 18.2 Å². The van der Waals surface area contributed by atoms with Crippen molar-refractivity contribution in [2.24, 2.45) is 0 Å². The first kappa shape index (κ1) is 13.4. The van der Waals surface area contributed by atoms with Crippen molar-refractivity contribution in [3.8, 4) is 0 Å². The molecule has 0 aliphatic rings. The molecule has 96 valence electrons. The molecular weight excluding hydrogens is 265 g/mol. The van der Waals surface area contributed by atoms with Gasteiger partial charge in [0, 0.05) is 16.9 Å². The van der Waals surface area contributed by atoms with Gasteiger partial charge in [-0.15, -0.1) is 0 Å². The summed E-state index contributed by atoms with van der Waals surface area (Å²) in [5, 5.41) is 0.266. The largest absolute Gasteiger partial charge is 0.289 e. The van der Waals surface area contributed by atoms with Crippen LogP contribution in [0.3, 0.4) is 0 Å². The van der Waals surface area contributed by atoms with Crippen LogP contribution < -0.4 is 0 Å². The lowest BCUT2D eigenvalue weighted by Gasteiger charge is -1.99. The summed E-state index contributed by atoms with van der Waals surface area (Å²) in [7, 11) is 0. The third-order valence-corrected chi connectivity index (χ3v) is 2.78. The number of rotatable bonds is 3. The van der Waals surface area contributed by atoms with Gasteiger partial charge in [0.2, 0.25) is 0 Å². The van der Waals surface area contributed by atoms with Gasteiger partial charge in [0.15, 0.2) is 5.78 Å². The van der Waals surface area contributed by atoms with Gasteiger partial charge in [-0.2, -0.15) is 0 Å². The maximum atomic E-state index is 13.5. The maximum Gasteiger partial charge on any atom is 0.188 e. The fourth-order valence-electron chi connectivity index (χ4n) is 1.62. The van der Waals surface area contributed by atoms with Crippen LogP contribution in [0.5, 0.6) is 0 Å². The molecule has 2 rings (SSSR count). The van der Waals surface area contributed by atoms with E-state index in [4.69, 9.17) is 11.6 Å². The molecule has 0 aliphatic carbocycles. The lowest BCUT2D eigenvalue weighted by Crippen LogP contribution is -1.98. The van der Waals surface area contributed by atoms with Gasteiger partial charge >= 0.3 is 0 Å². The predicted octanol–water partition coefficient (Wildman–Crippen LogP) is 4.08. The van der Waals surface area contributed by atoms with Gasteiger partial charge in [0.05, 0.1) is 5.56 Å². The molecule has 0 N–H and O–H groups in total.